The molecule has 2 aromatic rings. The molecule has 9 heteroatoms. The van der Waals surface area contributed by atoms with Gasteiger partial charge in [0.1, 0.15) is 0 Å². The fraction of sp³-hybridized carbons (Fsp3) is 0.357. The number of anilines is 3. The lowest BCUT2D eigenvalue weighted by Crippen LogP contribution is -2.24. The summed E-state index contributed by atoms with van der Waals surface area (Å²) >= 11 is 5.66. The first kappa shape index (κ1) is 17.3. The molecule has 0 aliphatic heterocycles. The lowest BCUT2D eigenvalue weighted by molar-refractivity contribution is -0.136. The van der Waals surface area contributed by atoms with Gasteiger partial charge in [0.2, 0.25) is 5.95 Å². The highest BCUT2D eigenvalue weighted by atomic mass is 35.5. The number of rotatable bonds is 5. The van der Waals surface area contributed by atoms with Crippen molar-refractivity contribution in [3.8, 4) is 0 Å². The number of halogens is 4. The van der Waals surface area contributed by atoms with Gasteiger partial charge in [-0.3, -0.25) is 0 Å². The normalized spacial score (nSPS) is 11.4. The lowest BCUT2D eigenvalue weighted by Gasteiger charge is -2.19. The standard InChI is InChI=1S/C14H15ClF3N5/c1-3-23(4-2)13-21-12(8-19-22-13)20-11-6-5-9(15)7-10(11)14(16,17)18/h5-8H,3-4H2,1-2H3,(H,20,21,22). The fourth-order valence-corrected chi connectivity index (χ4v) is 2.16. The molecule has 1 aromatic heterocycles. The second kappa shape index (κ2) is 6.99. The topological polar surface area (TPSA) is 53.9 Å². The predicted octanol–water partition coefficient (Wildman–Crippen LogP) is 4.13. The zero-order valence-electron chi connectivity index (χ0n) is 12.5. The first-order valence-corrected chi connectivity index (χ1v) is 7.31. The lowest BCUT2D eigenvalue weighted by atomic mass is 10.1. The van der Waals surface area contributed by atoms with E-state index in [1.54, 1.807) is 0 Å². The van der Waals surface area contributed by atoms with Crippen LogP contribution in [0.3, 0.4) is 0 Å². The van der Waals surface area contributed by atoms with Crippen LogP contribution in [0.25, 0.3) is 0 Å². The molecule has 0 unspecified atom stereocenters. The summed E-state index contributed by atoms with van der Waals surface area (Å²) in [5.41, 5.74) is -1.01. The third-order valence-electron chi connectivity index (χ3n) is 3.14. The molecule has 0 aliphatic rings. The van der Waals surface area contributed by atoms with E-state index in [0.717, 1.165) is 6.07 Å². The van der Waals surface area contributed by atoms with Crippen molar-refractivity contribution in [1.29, 1.82) is 0 Å². The summed E-state index contributed by atoms with van der Waals surface area (Å²) in [6.45, 7) is 5.18. The van der Waals surface area contributed by atoms with Crippen LogP contribution in [0, 0.1) is 0 Å². The van der Waals surface area contributed by atoms with E-state index < -0.39 is 11.7 Å². The van der Waals surface area contributed by atoms with Gasteiger partial charge in [-0.25, -0.2) is 0 Å². The molecule has 1 heterocycles. The summed E-state index contributed by atoms with van der Waals surface area (Å²) < 4.78 is 39.3. The Labute approximate surface area is 136 Å². The van der Waals surface area contributed by atoms with Crippen molar-refractivity contribution >= 4 is 29.1 Å². The zero-order chi connectivity index (χ0) is 17.0. The van der Waals surface area contributed by atoms with Crippen LogP contribution in [0.2, 0.25) is 5.02 Å². The molecule has 0 atom stereocenters. The van der Waals surface area contributed by atoms with E-state index in [4.69, 9.17) is 11.6 Å². The molecule has 0 saturated heterocycles. The average molecular weight is 346 g/mol. The highest BCUT2D eigenvalue weighted by molar-refractivity contribution is 6.30. The van der Waals surface area contributed by atoms with Crippen molar-refractivity contribution < 1.29 is 13.2 Å². The number of hydrogen-bond donors (Lipinski definition) is 1. The molecule has 2 rings (SSSR count). The van der Waals surface area contributed by atoms with E-state index in [9.17, 15) is 13.2 Å². The fourth-order valence-electron chi connectivity index (χ4n) is 1.99. The monoisotopic (exact) mass is 345 g/mol. The smallest absolute Gasteiger partial charge is 0.340 e. The maximum atomic E-state index is 13.1. The summed E-state index contributed by atoms with van der Waals surface area (Å²) in [7, 11) is 0. The van der Waals surface area contributed by atoms with E-state index in [-0.39, 0.29) is 16.5 Å². The molecule has 0 radical (unpaired) electrons. The van der Waals surface area contributed by atoms with Gasteiger partial charge in [-0.15, -0.1) is 5.10 Å². The molecule has 0 fully saturated rings. The Morgan fingerprint density at radius 1 is 1.22 bits per heavy atom. The summed E-state index contributed by atoms with van der Waals surface area (Å²) in [4.78, 5) is 6.03. The quantitative estimate of drug-likeness (QED) is 0.882. The van der Waals surface area contributed by atoms with Gasteiger partial charge in [0.25, 0.3) is 0 Å². The van der Waals surface area contributed by atoms with Crippen LogP contribution in [-0.2, 0) is 6.18 Å². The summed E-state index contributed by atoms with van der Waals surface area (Å²) in [6, 6.07) is 3.49. The third-order valence-corrected chi connectivity index (χ3v) is 3.38. The van der Waals surface area contributed by atoms with Crippen molar-refractivity contribution in [2.45, 2.75) is 20.0 Å². The largest absolute Gasteiger partial charge is 0.418 e. The molecular formula is C14H15ClF3N5. The Bertz CT molecular complexity index is 674. The van der Waals surface area contributed by atoms with Crippen LogP contribution in [0.4, 0.5) is 30.6 Å². The van der Waals surface area contributed by atoms with Gasteiger partial charge in [0.05, 0.1) is 17.4 Å². The van der Waals surface area contributed by atoms with Crippen LogP contribution in [0.5, 0.6) is 0 Å². The van der Waals surface area contributed by atoms with Crippen molar-refractivity contribution in [2.24, 2.45) is 0 Å². The number of nitrogens with one attached hydrogen (secondary N) is 1. The molecular weight excluding hydrogens is 331 g/mol. The number of benzene rings is 1. The molecule has 23 heavy (non-hydrogen) atoms. The Morgan fingerprint density at radius 3 is 2.52 bits per heavy atom. The summed E-state index contributed by atoms with van der Waals surface area (Å²) in [5.74, 6) is 0.525. The molecule has 0 aliphatic carbocycles. The minimum Gasteiger partial charge on any atom is -0.340 e. The molecule has 5 nitrogen and oxygen atoms in total. The van der Waals surface area contributed by atoms with Crippen molar-refractivity contribution in [3.05, 3.63) is 35.0 Å². The molecule has 0 spiro atoms. The second-order valence-electron chi connectivity index (χ2n) is 4.63. The zero-order valence-corrected chi connectivity index (χ0v) is 13.3. The average Bonchev–Trinajstić information content (AvgIpc) is 2.50. The maximum Gasteiger partial charge on any atom is 0.418 e. The minimum atomic E-state index is -4.53. The summed E-state index contributed by atoms with van der Waals surface area (Å²) in [5, 5.41) is 10.3. The van der Waals surface area contributed by atoms with E-state index in [1.165, 1.54) is 18.3 Å². The molecule has 0 amide bonds. The SMILES string of the molecule is CCN(CC)c1nncc(Nc2ccc(Cl)cc2C(F)(F)F)n1. The van der Waals surface area contributed by atoms with Gasteiger partial charge in [-0.2, -0.15) is 23.3 Å². The van der Waals surface area contributed by atoms with Crippen molar-refractivity contribution in [1.82, 2.24) is 15.2 Å². The van der Waals surface area contributed by atoms with Gasteiger partial charge >= 0.3 is 6.18 Å². The molecule has 124 valence electrons. The number of aromatic nitrogens is 3. The molecule has 0 bridgehead atoms. The number of alkyl halides is 3. The first-order valence-electron chi connectivity index (χ1n) is 6.93. The first-order chi connectivity index (χ1) is 10.8. The van der Waals surface area contributed by atoms with Gasteiger partial charge in [0.15, 0.2) is 5.82 Å². The van der Waals surface area contributed by atoms with Crippen LogP contribution in [0.15, 0.2) is 24.4 Å². The highest BCUT2D eigenvalue weighted by Gasteiger charge is 2.34. The van der Waals surface area contributed by atoms with Gasteiger partial charge < -0.3 is 10.2 Å². The van der Waals surface area contributed by atoms with Crippen molar-refractivity contribution in [2.75, 3.05) is 23.3 Å². The minimum absolute atomic E-state index is 0.00696. The third kappa shape index (κ3) is 4.22. The predicted molar refractivity (Wildman–Crippen MR) is 83.1 cm³/mol. The Morgan fingerprint density at radius 2 is 1.91 bits per heavy atom. The van der Waals surface area contributed by atoms with Gasteiger partial charge in [-0.05, 0) is 32.0 Å². The number of hydrogen-bond acceptors (Lipinski definition) is 5. The van der Waals surface area contributed by atoms with Gasteiger partial charge in [0, 0.05) is 18.1 Å². The van der Waals surface area contributed by atoms with Crippen LogP contribution in [-0.4, -0.2) is 28.3 Å². The Kier molecular flexibility index (Phi) is 5.25. The van der Waals surface area contributed by atoms with Gasteiger partial charge in [-0.1, -0.05) is 11.6 Å². The van der Waals surface area contributed by atoms with Crippen LogP contribution in [0.1, 0.15) is 19.4 Å². The van der Waals surface area contributed by atoms with E-state index in [2.05, 4.69) is 20.5 Å². The Balaban J connectivity index is 2.35. The molecule has 1 N–H and O–H groups in total. The molecule has 0 saturated carbocycles. The van der Waals surface area contributed by atoms with E-state index in [1.807, 2.05) is 18.7 Å². The van der Waals surface area contributed by atoms with E-state index >= 15 is 0 Å². The van der Waals surface area contributed by atoms with Crippen molar-refractivity contribution in [3.63, 3.8) is 0 Å². The molecule has 1 aromatic carbocycles. The Hall–Kier alpha value is -2.09. The number of nitrogens with zero attached hydrogens (tertiary/aromatic N) is 4. The van der Waals surface area contributed by atoms with Crippen LogP contribution < -0.4 is 10.2 Å². The summed E-state index contributed by atoms with van der Waals surface area (Å²) in [6.07, 6.45) is -3.27. The highest BCUT2D eigenvalue weighted by Crippen LogP contribution is 2.37. The second-order valence-corrected chi connectivity index (χ2v) is 5.06. The van der Waals surface area contributed by atoms with E-state index in [0.29, 0.717) is 19.0 Å². The maximum absolute atomic E-state index is 13.1. The van der Waals surface area contributed by atoms with Crippen LogP contribution >= 0.6 is 11.6 Å².